The van der Waals surface area contributed by atoms with Gasteiger partial charge in [-0.15, -0.1) is 23.1 Å². The molecule has 0 amide bonds. The molecule has 0 bridgehead atoms. The molecule has 0 radical (unpaired) electrons. The highest BCUT2D eigenvalue weighted by Crippen LogP contribution is 2.35. The number of benzene rings is 1. The zero-order valence-electron chi connectivity index (χ0n) is 9.27. The Morgan fingerprint density at radius 3 is 2.82 bits per heavy atom. The van der Waals surface area contributed by atoms with Gasteiger partial charge in [0, 0.05) is 27.3 Å². The molecule has 0 spiro atoms. The molecule has 0 aliphatic rings. The SMILES string of the molecule is COc1cc(N)ccc1SCc1ccc(Br)s1. The summed E-state index contributed by atoms with van der Waals surface area (Å²) in [5.74, 6) is 1.78. The summed E-state index contributed by atoms with van der Waals surface area (Å²) in [4.78, 5) is 2.45. The first kappa shape index (κ1) is 12.8. The van der Waals surface area contributed by atoms with Gasteiger partial charge in [-0.1, -0.05) is 0 Å². The molecule has 1 aromatic carbocycles. The van der Waals surface area contributed by atoms with Gasteiger partial charge in [-0.25, -0.2) is 0 Å². The van der Waals surface area contributed by atoms with Crippen molar-refractivity contribution in [3.05, 3.63) is 39.0 Å². The van der Waals surface area contributed by atoms with E-state index >= 15 is 0 Å². The molecule has 0 aliphatic carbocycles. The van der Waals surface area contributed by atoms with Crippen LogP contribution in [0.5, 0.6) is 5.75 Å². The first-order chi connectivity index (χ1) is 8.19. The number of rotatable bonds is 4. The zero-order valence-corrected chi connectivity index (χ0v) is 12.5. The fraction of sp³-hybridized carbons (Fsp3) is 0.167. The van der Waals surface area contributed by atoms with E-state index in [0.717, 1.165) is 25.9 Å². The maximum Gasteiger partial charge on any atom is 0.134 e. The predicted molar refractivity (Wildman–Crippen MR) is 79.0 cm³/mol. The predicted octanol–water partition coefficient (Wildman–Crippen LogP) is 4.39. The van der Waals surface area contributed by atoms with Crippen molar-refractivity contribution in [2.24, 2.45) is 0 Å². The Kier molecular flexibility index (Phi) is 4.36. The van der Waals surface area contributed by atoms with Gasteiger partial charge >= 0.3 is 0 Å². The summed E-state index contributed by atoms with van der Waals surface area (Å²) in [6.07, 6.45) is 0. The second-order valence-electron chi connectivity index (χ2n) is 3.40. The van der Waals surface area contributed by atoms with Crippen LogP contribution >= 0.6 is 39.0 Å². The number of anilines is 1. The molecule has 0 atom stereocenters. The summed E-state index contributed by atoms with van der Waals surface area (Å²) in [6.45, 7) is 0. The summed E-state index contributed by atoms with van der Waals surface area (Å²) in [5, 5.41) is 0. The Morgan fingerprint density at radius 2 is 2.18 bits per heavy atom. The van der Waals surface area contributed by atoms with Crippen molar-refractivity contribution < 1.29 is 4.74 Å². The van der Waals surface area contributed by atoms with Crippen LogP contribution in [-0.4, -0.2) is 7.11 Å². The molecule has 0 unspecified atom stereocenters. The van der Waals surface area contributed by atoms with Gasteiger partial charge < -0.3 is 10.5 Å². The second-order valence-corrected chi connectivity index (χ2v) is 6.97. The summed E-state index contributed by atoms with van der Waals surface area (Å²) in [7, 11) is 1.67. The molecule has 90 valence electrons. The van der Waals surface area contributed by atoms with E-state index in [2.05, 4.69) is 28.1 Å². The molecule has 2 rings (SSSR count). The smallest absolute Gasteiger partial charge is 0.134 e. The van der Waals surface area contributed by atoms with Crippen molar-refractivity contribution in [3.63, 3.8) is 0 Å². The Morgan fingerprint density at radius 1 is 1.35 bits per heavy atom. The van der Waals surface area contributed by atoms with E-state index in [4.69, 9.17) is 10.5 Å². The van der Waals surface area contributed by atoms with Crippen molar-refractivity contribution in [3.8, 4) is 5.75 Å². The molecular formula is C12H12BrNOS2. The van der Waals surface area contributed by atoms with Crippen molar-refractivity contribution >= 4 is 44.7 Å². The van der Waals surface area contributed by atoms with Gasteiger partial charge in [0.2, 0.25) is 0 Å². The van der Waals surface area contributed by atoms with Crippen molar-refractivity contribution in [1.82, 2.24) is 0 Å². The average molecular weight is 330 g/mol. The number of nitrogens with two attached hydrogens (primary N) is 1. The molecule has 2 N–H and O–H groups in total. The normalized spacial score (nSPS) is 10.5. The number of nitrogen functional groups attached to an aromatic ring is 1. The standard InChI is InChI=1S/C12H12BrNOS2/c1-15-10-6-8(14)2-4-11(10)16-7-9-3-5-12(13)17-9/h2-6H,7,14H2,1H3. The van der Waals surface area contributed by atoms with Gasteiger partial charge in [0.25, 0.3) is 0 Å². The van der Waals surface area contributed by atoms with Crippen LogP contribution in [0.2, 0.25) is 0 Å². The van der Waals surface area contributed by atoms with E-state index < -0.39 is 0 Å². The lowest BCUT2D eigenvalue weighted by atomic mass is 10.3. The molecule has 2 nitrogen and oxygen atoms in total. The summed E-state index contributed by atoms with van der Waals surface area (Å²) < 4.78 is 6.48. The Bertz CT molecular complexity index is 513. The van der Waals surface area contributed by atoms with Crippen LogP contribution in [0.3, 0.4) is 0 Å². The minimum Gasteiger partial charge on any atom is -0.496 e. The van der Waals surface area contributed by atoms with Crippen LogP contribution in [0.25, 0.3) is 0 Å². The highest BCUT2D eigenvalue weighted by atomic mass is 79.9. The Hall–Kier alpha value is -0.650. The molecule has 17 heavy (non-hydrogen) atoms. The van der Waals surface area contributed by atoms with Gasteiger partial charge in [0.1, 0.15) is 5.75 Å². The van der Waals surface area contributed by atoms with Gasteiger partial charge in [-0.3, -0.25) is 0 Å². The third-order valence-electron chi connectivity index (χ3n) is 2.19. The van der Waals surface area contributed by atoms with E-state index in [0.29, 0.717) is 0 Å². The van der Waals surface area contributed by atoms with E-state index in [1.165, 1.54) is 4.88 Å². The van der Waals surface area contributed by atoms with Crippen molar-refractivity contribution in [2.45, 2.75) is 10.6 Å². The molecule has 0 aliphatic heterocycles. The number of thiophene rings is 1. The second kappa shape index (κ2) is 5.80. The molecule has 0 saturated carbocycles. The van der Waals surface area contributed by atoms with Crippen LogP contribution in [0, 0.1) is 0 Å². The number of ether oxygens (including phenoxy) is 1. The van der Waals surface area contributed by atoms with Gasteiger partial charge in [-0.05, 0) is 40.2 Å². The topological polar surface area (TPSA) is 35.2 Å². The number of methoxy groups -OCH3 is 1. The summed E-state index contributed by atoms with van der Waals surface area (Å²) >= 11 is 6.97. The molecule has 2 aromatic rings. The van der Waals surface area contributed by atoms with Gasteiger partial charge in [0.15, 0.2) is 0 Å². The van der Waals surface area contributed by atoms with E-state index in [1.54, 1.807) is 30.2 Å². The lowest BCUT2D eigenvalue weighted by Gasteiger charge is -2.08. The highest BCUT2D eigenvalue weighted by molar-refractivity contribution is 9.11. The first-order valence-corrected chi connectivity index (χ1v) is 7.59. The van der Waals surface area contributed by atoms with Crippen LogP contribution in [-0.2, 0) is 5.75 Å². The molecule has 1 aromatic heterocycles. The third kappa shape index (κ3) is 3.40. The van der Waals surface area contributed by atoms with E-state index in [1.807, 2.05) is 18.2 Å². The first-order valence-electron chi connectivity index (χ1n) is 4.99. The molecule has 0 saturated heterocycles. The average Bonchev–Trinajstić information content (AvgIpc) is 2.73. The lowest BCUT2D eigenvalue weighted by molar-refractivity contribution is 0.405. The minimum absolute atomic E-state index is 0.727. The third-order valence-corrected chi connectivity index (χ3v) is 5.10. The molecule has 0 fully saturated rings. The van der Waals surface area contributed by atoms with Crippen LogP contribution in [0.15, 0.2) is 39.0 Å². The lowest BCUT2D eigenvalue weighted by Crippen LogP contribution is -1.90. The highest BCUT2D eigenvalue weighted by Gasteiger charge is 2.05. The number of thioether (sulfide) groups is 1. The van der Waals surface area contributed by atoms with Gasteiger partial charge in [-0.2, -0.15) is 0 Å². The number of hydrogen-bond donors (Lipinski definition) is 1. The maximum absolute atomic E-state index is 5.72. The monoisotopic (exact) mass is 329 g/mol. The number of halogens is 1. The van der Waals surface area contributed by atoms with Gasteiger partial charge in [0.05, 0.1) is 10.9 Å². The van der Waals surface area contributed by atoms with Crippen LogP contribution in [0.4, 0.5) is 5.69 Å². The molecule has 1 heterocycles. The van der Waals surface area contributed by atoms with Crippen LogP contribution < -0.4 is 10.5 Å². The summed E-state index contributed by atoms with van der Waals surface area (Å²) in [5.41, 5.74) is 6.45. The zero-order chi connectivity index (χ0) is 12.3. The maximum atomic E-state index is 5.72. The summed E-state index contributed by atoms with van der Waals surface area (Å²) in [6, 6.07) is 9.95. The van der Waals surface area contributed by atoms with E-state index in [9.17, 15) is 0 Å². The van der Waals surface area contributed by atoms with Crippen LogP contribution in [0.1, 0.15) is 4.88 Å². The van der Waals surface area contributed by atoms with Crippen molar-refractivity contribution in [1.29, 1.82) is 0 Å². The number of hydrogen-bond acceptors (Lipinski definition) is 4. The van der Waals surface area contributed by atoms with E-state index in [-0.39, 0.29) is 0 Å². The largest absolute Gasteiger partial charge is 0.496 e. The fourth-order valence-corrected chi connectivity index (χ4v) is 3.92. The van der Waals surface area contributed by atoms with Crippen molar-refractivity contribution in [2.75, 3.05) is 12.8 Å². The molecule has 5 heteroatoms. The quantitative estimate of drug-likeness (QED) is 0.667. The Labute approximate surface area is 117 Å². The minimum atomic E-state index is 0.727. The fourth-order valence-electron chi connectivity index (χ4n) is 1.38. The molecular weight excluding hydrogens is 318 g/mol. The Balaban J connectivity index is 2.08.